The molecule has 1 aromatic rings. The standard InChI is InChI=1S/C12H15N/c1-13-11-7-3-2-5-9(11)10-6-4-8-12(10)13/h2-3,5,7,10,12H,4,6,8H2,1H3/t10-,12+/m0/s1. The van der Waals surface area contributed by atoms with Gasteiger partial charge in [0.05, 0.1) is 0 Å². The van der Waals surface area contributed by atoms with Gasteiger partial charge >= 0.3 is 0 Å². The summed E-state index contributed by atoms with van der Waals surface area (Å²) in [4.78, 5) is 2.48. The topological polar surface area (TPSA) is 3.24 Å². The van der Waals surface area contributed by atoms with E-state index in [2.05, 4.69) is 36.2 Å². The van der Waals surface area contributed by atoms with Crippen molar-refractivity contribution in [1.29, 1.82) is 0 Å². The van der Waals surface area contributed by atoms with E-state index in [-0.39, 0.29) is 0 Å². The molecule has 68 valence electrons. The first-order valence-corrected chi connectivity index (χ1v) is 5.19. The summed E-state index contributed by atoms with van der Waals surface area (Å²) in [5, 5.41) is 0. The van der Waals surface area contributed by atoms with E-state index >= 15 is 0 Å². The summed E-state index contributed by atoms with van der Waals surface area (Å²) in [7, 11) is 2.24. The molecule has 0 unspecified atom stereocenters. The van der Waals surface area contributed by atoms with E-state index in [0.717, 1.165) is 12.0 Å². The Bertz CT molecular complexity index is 332. The second kappa shape index (κ2) is 2.50. The van der Waals surface area contributed by atoms with Crippen molar-refractivity contribution in [2.75, 3.05) is 11.9 Å². The van der Waals surface area contributed by atoms with E-state index in [9.17, 15) is 0 Å². The van der Waals surface area contributed by atoms with Gasteiger partial charge in [-0.05, 0) is 24.5 Å². The van der Waals surface area contributed by atoms with E-state index < -0.39 is 0 Å². The van der Waals surface area contributed by atoms with Crippen LogP contribution < -0.4 is 4.90 Å². The average Bonchev–Trinajstić information content (AvgIpc) is 2.72. The quantitative estimate of drug-likeness (QED) is 0.583. The molecule has 1 heteroatoms. The molecule has 1 aromatic carbocycles. The highest BCUT2D eigenvalue weighted by atomic mass is 15.2. The maximum absolute atomic E-state index is 2.48. The predicted molar refractivity (Wildman–Crippen MR) is 55.2 cm³/mol. The van der Waals surface area contributed by atoms with Crippen LogP contribution in [-0.2, 0) is 0 Å². The Labute approximate surface area is 79.4 Å². The van der Waals surface area contributed by atoms with E-state index in [1.54, 1.807) is 5.56 Å². The third-order valence-electron chi connectivity index (χ3n) is 3.69. The van der Waals surface area contributed by atoms with Crippen LogP contribution in [0, 0.1) is 0 Å². The largest absolute Gasteiger partial charge is 0.371 e. The van der Waals surface area contributed by atoms with Crippen molar-refractivity contribution in [3.8, 4) is 0 Å². The van der Waals surface area contributed by atoms with E-state index in [0.29, 0.717) is 0 Å². The molecule has 1 fully saturated rings. The lowest BCUT2D eigenvalue weighted by Gasteiger charge is -2.21. The number of nitrogens with zero attached hydrogens (tertiary/aromatic N) is 1. The van der Waals surface area contributed by atoms with Crippen LogP contribution in [0.2, 0.25) is 0 Å². The average molecular weight is 173 g/mol. The highest BCUT2D eigenvalue weighted by Gasteiger charge is 2.38. The SMILES string of the molecule is CN1c2ccccc2[C@@H]2CCC[C@H]21. The molecule has 0 bridgehead atoms. The molecule has 13 heavy (non-hydrogen) atoms. The zero-order valence-corrected chi connectivity index (χ0v) is 8.03. The van der Waals surface area contributed by atoms with Crippen molar-refractivity contribution >= 4 is 5.69 Å². The lowest BCUT2D eigenvalue weighted by molar-refractivity contribution is 0.625. The van der Waals surface area contributed by atoms with Gasteiger partial charge in [-0.25, -0.2) is 0 Å². The van der Waals surface area contributed by atoms with Crippen LogP contribution in [0.3, 0.4) is 0 Å². The normalized spacial score (nSPS) is 30.4. The second-order valence-corrected chi connectivity index (χ2v) is 4.27. The molecule has 2 aliphatic rings. The number of rotatable bonds is 0. The summed E-state index contributed by atoms with van der Waals surface area (Å²) in [5.41, 5.74) is 3.06. The van der Waals surface area contributed by atoms with Gasteiger partial charge in [0.15, 0.2) is 0 Å². The van der Waals surface area contributed by atoms with Gasteiger partial charge in [0.1, 0.15) is 0 Å². The Kier molecular flexibility index (Phi) is 1.43. The number of likely N-dealkylation sites (N-methyl/N-ethyl adjacent to an activating group) is 1. The Morgan fingerprint density at radius 3 is 3.00 bits per heavy atom. The molecule has 1 nitrogen and oxygen atoms in total. The maximum Gasteiger partial charge on any atom is 0.0402 e. The highest BCUT2D eigenvalue weighted by molar-refractivity contribution is 5.61. The van der Waals surface area contributed by atoms with Crippen molar-refractivity contribution in [2.24, 2.45) is 0 Å². The van der Waals surface area contributed by atoms with Crippen LogP contribution in [0.15, 0.2) is 24.3 Å². The minimum Gasteiger partial charge on any atom is -0.371 e. The van der Waals surface area contributed by atoms with Gasteiger partial charge in [0, 0.05) is 24.7 Å². The van der Waals surface area contributed by atoms with Crippen LogP contribution in [0.5, 0.6) is 0 Å². The monoisotopic (exact) mass is 173 g/mol. The minimum atomic E-state index is 0.803. The minimum absolute atomic E-state index is 0.803. The highest BCUT2D eigenvalue weighted by Crippen LogP contribution is 2.47. The van der Waals surface area contributed by atoms with Gasteiger partial charge < -0.3 is 4.90 Å². The second-order valence-electron chi connectivity index (χ2n) is 4.27. The van der Waals surface area contributed by atoms with Crippen LogP contribution in [0.1, 0.15) is 30.7 Å². The number of para-hydroxylation sites is 1. The first kappa shape index (κ1) is 7.43. The summed E-state index contributed by atoms with van der Waals surface area (Å²) in [6, 6.07) is 9.69. The summed E-state index contributed by atoms with van der Waals surface area (Å²) >= 11 is 0. The number of benzene rings is 1. The number of hydrogen-bond donors (Lipinski definition) is 0. The molecular formula is C12H15N. The fourth-order valence-electron chi connectivity index (χ4n) is 3.07. The van der Waals surface area contributed by atoms with Gasteiger partial charge in [-0.2, -0.15) is 0 Å². The predicted octanol–water partition coefficient (Wildman–Crippen LogP) is 2.77. The summed E-state index contributed by atoms with van der Waals surface area (Å²) in [5.74, 6) is 0.834. The Morgan fingerprint density at radius 1 is 1.23 bits per heavy atom. The summed E-state index contributed by atoms with van der Waals surface area (Å²) < 4.78 is 0. The van der Waals surface area contributed by atoms with Crippen LogP contribution in [0.25, 0.3) is 0 Å². The Morgan fingerprint density at radius 2 is 2.08 bits per heavy atom. The first-order valence-electron chi connectivity index (χ1n) is 5.19. The van der Waals surface area contributed by atoms with Crippen LogP contribution >= 0.6 is 0 Å². The third-order valence-corrected chi connectivity index (χ3v) is 3.69. The molecule has 1 saturated carbocycles. The molecule has 2 atom stereocenters. The Hall–Kier alpha value is -0.980. The van der Waals surface area contributed by atoms with Gasteiger partial charge in [-0.3, -0.25) is 0 Å². The maximum atomic E-state index is 2.48. The van der Waals surface area contributed by atoms with Gasteiger partial charge in [0.2, 0.25) is 0 Å². The van der Waals surface area contributed by atoms with E-state index in [4.69, 9.17) is 0 Å². The van der Waals surface area contributed by atoms with Crippen molar-refractivity contribution < 1.29 is 0 Å². The Balaban J connectivity index is 2.13. The van der Waals surface area contributed by atoms with Crippen molar-refractivity contribution in [3.05, 3.63) is 29.8 Å². The number of anilines is 1. The summed E-state index contributed by atoms with van der Waals surface area (Å²) in [6.07, 6.45) is 4.19. The third kappa shape index (κ3) is 0.874. The molecule has 1 aliphatic heterocycles. The van der Waals surface area contributed by atoms with Gasteiger partial charge in [-0.1, -0.05) is 24.6 Å². The molecule has 1 aliphatic carbocycles. The molecule has 0 radical (unpaired) electrons. The van der Waals surface area contributed by atoms with Gasteiger partial charge in [0.25, 0.3) is 0 Å². The van der Waals surface area contributed by atoms with Crippen LogP contribution in [0.4, 0.5) is 5.69 Å². The van der Waals surface area contributed by atoms with Crippen molar-refractivity contribution in [1.82, 2.24) is 0 Å². The van der Waals surface area contributed by atoms with E-state index in [1.807, 2.05) is 0 Å². The lowest BCUT2D eigenvalue weighted by atomic mass is 9.98. The van der Waals surface area contributed by atoms with Gasteiger partial charge in [-0.15, -0.1) is 0 Å². The molecule has 3 rings (SSSR count). The molecule has 1 heterocycles. The lowest BCUT2D eigenvalue weighted by Crippen LogP contribution is -2.26. The zero-order valence-electron chi connectivity index (χ0n) is 8.03. The molecule has 0 N–H and O–H groups in total. The molecule has 0 spiro atoms. The number of fused-ring (bicyclic) bond motifs is 3. The molecule has 0 aromatic heterocycles. The fourth-order valence-corrected chi connectivity index (χ4v) is 3.07. The zero-order chi connectivity index (χ0) is 8.84. The van der Waals surface area contributed by atoms with Crippen molar-refractivity contribution in [2.45, 2.75) is 31.2 Å². The van der Waals surface area contributed by atoms with Crippen molar-refractivity contribution in [3.63, 3.8) is 0 Å². The molecule has 0 amide bonds. The number of hydrogen-bond acceptors (Lipinski definition) is 1. The first-order chi connectivity index (χ1) is 6.38. The molecular weight excluding hydrogens is 158 g/mol. The summed E-state index contributed by atoms with van der Waals surface area (Å²) in [6.45, 7) is 0. The fraction of sp³-hybridized carbons (Fsp3) is 0.500. The smallest absolute Gasteiger partial charge is 0.0402 e. The van der Waals surface area contributed by atoms with Crippen LogP contribution in [-0.4, -0.2) is 13.1 Å². The molecule has 0 saturated heterocycles. The van der Waals surface area contributed by atoms with E-state index in [1.165, 1.54) is 24.9 Å².